The first kappa shape index (κ1) is 14.7. The van der Waals surface area contributed by atoms with Gasteiger partial charge in [0.2, 0.25) is 0 Å². The SMILES string of the molecule is Cc1cc(C(C)(C)C)cc(C)c1-c1nc(CN)n(C)n1. The summed E-state index contributed by atoms with van der Waals surface area (Å²) in [6.07, 6.45) is 0. The molecule has 2 rings (SSSR count). The van der Waals surface area contributed by atoms with Crippen LogP contribution in [0.25, 0.3) is 11.4 Å². The van der Waals surface area contributed by atoms with Crippen molar-refractivity contribution in [2.24, 2.45) is 12.8 Å². The van der Waals surface area contributed by atoms with Crippen LogP contribution in [0.5, 0.6) is 0 Å². The van der Waals surface area contributed by atoms with Gasteiger partial charge in [0.15, 0.2) is 5.82 Å². The molecule has 0 unspecified atom stereocenters. The third kappa shape index (κ3) is 2.61. The molecule has 0 aliphatic carbocycles. The molecule has 4 heteroatoms. The molecule has 0 saturated heterocycles. The van der Waals surface area contributed by atoms with Gasteiger partial charge >= 0.3 is 0 Å². The summed E-state index contributed by atoms with van der Waals surface area (Å²) < 4.78 is 1.76. The predicted molar refractivity (Wildman–Crippen MR) is 82.5 cm³/mol. The van der Waals surface area contributed by atoms with Crippen LogP contribution in [-0.2, 0) is 19.0 Å². The molecule has 4 nitrogen and oxygen atoms in total. The fourth-order valence-corrected chi connectivity index (χ4v) is 2.45. The molecule has 0 aliphatic heterocycles. The quantitative estimate of drug-likeness (QED) is 0.914. The highest BCUT2D eigenvalue weighted by Crippen LogP contribution is 2.31. The number of rotatable bonds is 2. The molecule has 0 aliphatic rings. The summed E-state index contributed by atoms with van der Waals surface area (Å²) in [6, 6.07) is 4.47. The van der Waals surface area contributed by atoms with Gasteiger partial charge in [0, 0.05) is 12.6 Å². The van der Waals surface area contributed by atoms with Gasteiger partial charge in [0.1, 0.15) is 5.82 Å². The van der Waals surface area contributed by atoms with Crippen LogP contribution in [-0.4, -0.2) is 14.8 Å². The lowest BCUT2D eigenvalue weighted by Crippen LogP contribution is -2.12. The Kier molecular flexibility index (Phi) is 3.69. The zero-order chi connectivity index (χ0) is 15.1. The van der Waals surface area contributed by atoms with Crippen molar-refractivity contribution in [1.29, 1.82) is 0 Å². The number of hydrogen-bond donors (Lipinski definition) is 1. The normalized spacial score (nSPS) is 11.9. The van der Waals surface area contributed by atoms with Crippen molar-refractivity contribution in [1.82, 2.24) is 14.8 Å². The largest absolute Gasteiger partial charge is 0.324 e. The smallest absolute Gasteiger partial charge is 0.181 e. The Hall–Kier alpha value is -1.68. The van der Waals surface area contributed by atoms with Gasteiger partial charge in [0.05, 0.1) is 6.54 Å². The van der Waals surface area contributed by atoms with Gasteiger partial charge in [-0.25, -0.2) is 4.98 Å². The monoisotopic (exact) mass is 272 g/mol. The Morgan fingerprint density at radius 1 is 1.15 bits per heavy atom. The molecule has 1 aromatic heterocycles. The first-order valence-corrected chi connectivity index (χ1v) is 6.96. The lowest BCUT2D eigenvalue weighted by molar-refractivity contribution is 0.589. The Labute approximate surface area is 121 Å². The maximum absolute atomic E-state index is 5.68. The first-order chi connectivity index (χ1) is 9.24. The number of aromatic nitrogens is 3. The highest BCUT2D eigenvalue weighted by molar-refractivity contribution is 5.65. The molecular formula is C16H24N4. The Morgan fingerprint density at radius 3 is 2.10 bits per heavy atom. The van der Waals surface area contributed by atoms with Gasteiger partial charge in [-0.15, -0.1) is 0 Å². The minimum atomic E-state index is 0.147. The summed E-state index contributed by atoms with van der Waals surface area (Å²) in [5.41, 5.74) is 10.7. The van der Waals surface area contributed by atoms with E-state index < -0.39 is 0 Å². The van der Waals surface area contributed by atoms with Crippen LogP contribution in [0.4, 0.5) is 0 Å². The Morgan fingerprint density at radius 2 is 1.70 bits per heavy atom. The zero-order valence-electron chi connectivity index (χ0n) is 13.3. The summed E-state index contributed by atoms with van der Waals surface area (Å²) in [5, 5.41) is 4.49. The number of hydrogen-bond acceptors (Lipinski definition) is 3. The molecule has 0 radical (unpaired) electrons. The van der Waals surface area contributed by atoms with E-state index in [1.165, 1.54) is 16.7 Å². The molecule has 0 fully saturated rings. The molecule has 0 saturated carbocycles. The second-order valence-corrected chi connectivity index (χ2v) is 6.41. The Balaban J connectivity index is 2.58. The van der Waals surface area contributed by atoms with E-state index in [-0.39, 0.29) is 5.41 Å². The standard InChI is InChI=1S/C16H24N4/c1-10-7-12(16(3,4)5)8-11(2)14(10)15-18-13(9-17)20(6)19-15/h7-8H,9,17H2,1-6H3. The van der Waals surface area contributed by atoms with Gasteiger partial charge in [-0.1, -0.05) is 32.9 Å². The number of benzene rings is 1. The molecule has 108 valence electrons. The summed E-state index contributed by atoms with van der Waals surface area (Å²) in [5.74, 6) is 1.57. The lowest BCUT2D eigenvalue weighted by Gasteiger charge is -2.21. The van der Waals surface area contributed by atoms with Crippen LogP contribution in [0.15, 0.2) is 12.1 Å². The van der Waals surface area contributed by atoms with E-state index in [0.717, 1.165) is 17.2 Å². The number of aryl methyl sites for hydroxylation is 3. The minimum Gasteiger partial charge on any atom is -0.324 e. The fraction of sp³-hybridized carbons (Fsp3) is 0.500. The van der Waals surface area contributed by atoms with Crippen molar-refractivity contribution < 1.29 is 0 Å². The molecule has 20 heavy (non-hydrogen) atoms. The Bertz CT molecular complexity index is 609. The van der Waals surface area contributed by atoms with Crippen LogP contribution in [0.3, 0.4) is 0 Å². The van der Waals surface area contributed by atoms with Gasteiger partial charge in [0.25, 0.3) is 0 Å². The molecule has 0 bridgehead atoms. The predicted octanol–water partition coefficient (Wildman–Crippen LogP) is 2.86. The van der Waals surface area contributed by atoms with Crippen LogP contribution in [0, 0.1) is 13.8 Å². The topological polar surface area (TPSA) is 56.7 Å². The van der Waals surface area contributed by atoms with E-state index in [0.29, 0.717) is 6.54 Å². The third-order valence-corrected chi connectivity index (χ3v) is 3.66. The third-order valence-electron chi connectivity index (χ3n) is 3.66. The van der Waals surface area contributed by atoms with Crippen LogP contribution in [0.2, 0.25) is 0 Å². The second kappa shape index (κ2) is 5.02. The van der Waals surface area contributed by atoms with Gasteiger partial charge in [-0.05, 0) is 36.0 Å². The van der Waals surface area contributed by atoms with E-state index in [1.54, 1.807) is 4.68 Å². The molecule has 1 heterocycles. The molecule has 2 N–H and O–H groups in total. The summed E-state index contributed by atoms with van der Waals surface area (Å²) in [4.78, 5) is 4.54. The van der Waals surface area contributed by atoms with Crippen LogP contribution < -0.4 is 5.73 Å². The van der Waals surface area contributed by atoms with Crippen molar-refractivity contribution in [3.63, 3.8) is 0 Å². The lowest BCUT2D eigenvalue weighted by atomic mass is 9.83. The van der Waals surface area contributed by atoms with Crippen molar-refractivity contribution >= 4 is 0 Å². The maximum atomic E-state index is 5.68. The summed E-state index contributed by atoms with van der Waals surface area (Å²) in [7, 11) is 1.88. The first-order valence-electron chi connectivity index (χ1n) is 6.96. The highest BCUT2D eigenvalue weighted by Gasteiger charge is 2.19. The molecule has 2 aromatic rings. The summed E-state index contributed by atoms with van der Waals surface area (Å²) >= 11 is 0. The maximum Gasteiger partial charge on any atom is 0.181 e. The van der Waals surface area contributed by atoms with E-state index >= 15 is 0 Å². The molecule has 0 spiro atoms. The van der Waals surface area contributed by atoms with Crippen molar-refractivity contribution in [2.45, 2.75) is 46.6 Å². The molecule has 0 amide bonds. The number of nitrogens with two attached hydrogens (primary N) is 1. The molecular weight excluding hydrogens is 248 g/mol. The minimum absolute atomic E-state index is 0.147. The highest BCUT2D eigenvalue weighted by atomic mass is 15.3. The van der Waals surface area contributed by atoms with Crippen molar-refractivity contribution in [3.8, 4) is 11.4 Å². The van der Waals surface area contributed by atoms with E-state index in [2.05, 4.69) is 56.8 Å². The summed E-state index contributed by atoms with van der Waals surface area (Å²) in [6.45, 7) is 11.3. The van der Waals surface area contributed by atoms with Crippen LogP contribution >= 0.6 is 0 Å². The van der Waals surface area contributed by atoms with E-state index in [4.69, 9.17) is 5.73 Å². The average molecular weight is 272 g/mol. The number of nitrogens with zero attached hydrogens (tertiary/aromatic N) is 3. The van der Waals surface area contributed by atoms with Gasteiger partial charge in [-0.3, -0.25) is 4.68 Å². The zero-order valence-corrected chi connectivity index (χ0v) is 13.3. The van der Waals surface area contributed by atoms with Gasteiger partial charge in [-0.2, -0.15) is 5.10 Å². The van der Waals surface area contributed by atoms with E-state index in [9.17, 15) is 0 Å². The second-order valence-electron chi connectivity index (χ2n) is 6.41. The van der Waals surface area contributed by atoms with Crippen molar-refractivity contribution in [2.75, 3.05) is 0 Å². The van der Waals surface area contributed by atoms with E-state index in [1.807, 2.05) is 7.05 Å². The average Bonchev–Trinajstić information content (AvgIpc) is 2.68. The fourth-order valence-electron chi connectivity index (χ4n) is 2.45. The van der Waals surface area contributed by atoms with Crippen molar-refractivity contribution in [3.05, 3.63) is 34.6 Å². The van der Waals surface area contributed by atoms with Crippen LogP contribution in [0.1, 0.15) is 43.3 Å². The van der Waals surface area contributed by atoms with Gasteiger partial charge < -0.3 is 5.73 Å². The molecule has 0 atom stereocenters. The molecule has 1 aromatic carbocycles.